The van der Waals surface area contributed by atoms with E-state index in [-0.39, 0.29) is 23.6 Å². The molecule has 9 heteroatoms. The normalized spacial score (nSPS) is 20.0. The fraction of sp³-hybridized carbons (Fsp3) is 0.261. The quantitative estimate of drug-likeness (QED) is 0.239. The zero-order valence-corrected chi connectivity index (χ0v) is 20.0. The van der Waals surface area contributed by atoms with Gasteiger partial charge in [-0.15, -0.1) is 11.8 Å². The van der Waals surface area contributed by atoms with E-state index in [0.717, 1.165) is 11.1 Å². The third-order valence-electron chi connectivity index (χ3n) is 5.19. The van der Waals surface area contributed by atoms with E-state index < -0.39 is 35.4 Å². The van der Waals surface area contributed by atoms with Crippen LogP contribution in [0, 0.1) is 0 Å². The lowest BCUT2D eigenvalue weighted by atomic mass is 10.0. The third-order valence-corrected chi connectivity index (χ3v) is 6.93. The van der Waals surface area contributed by atoms with E-state index in [1.54, 1.807) is 0 Å². The van der Waals surface area contributed by atoms with Gasteiger partial charge >= 0.3 is 11.9 Å². The van der Waals surface area contributed by atoms with Crippen molar-refractivity contribution in [1.29, 1.82) is 0 Å². The van der Waals surface area contributed by atoms with Crippen molar-refractivity contribution in [2.24, 2.45) is 5.73 Å². The highest BCUT2D eigenvalue weighted by Gasteiger charge is 2.53. The Morgan fingerprint density at radius 3 is 2.22 bits per heavy atom. The molecule has 0 aromatic heterocycles. The molecule has 2 aromatic rings. The molecule has 2 aliphatic rings. The topological polar surface area (TPSA) is 98.9 Å². The first-order valence-corrected chi connectivity index (χ1v) is 12.6. The minimum atomic E-state index is -0.755. The SMILES string of the molecule is NC1C(=O)N2C(C(=O)OC(c3ccccc3)c3ccccc3)=C(C(=O)OCCI)CS[C@H]12. The number of hydrogen-bond donors (Lipinski definition) is 1. The molecule has 1 saturated heterocycles. The van der Waals surface area contributed by atoms with E-state index in [1.165, 1.54) is 16.7 Å². The van der Waals surface area contributed by atoms with E-state index in [0.29, 0.717) is 4.43 Å². The van der Waals surface area contributed by atoms with Crippen LogP contribution in [0.15, 0.2) is 71.9 Å². The molecule has 1 unspecified atom stereocenters. The third kappa shape index (κ3) is 4.41. The second-order valence-electron chi connectivity index (χ2n) is 7.19. The van der Waals surface area contributed by atoms with E-state index in [9.17, 15) is 14.4 Å². The van der Waals surface area contributed by atoms with Crippen molar-refractivity contribution >= 4 is 52.2 Å². The lowest BCUT2D eigenvalue weighted by Crippen LogP contribution is -2.68. The van der Waals surface area contributed by atoms with Crippen LogP contribution in [-0.4, -0.2) is 50.9 Å². The molecule has 1 amide bonds. The Morgan fingerprint density at radius 1 is 1.06 bits per heavy atom. The van der Waals surface area contributed by atoms with Gasteiger partial charge in [-0.2, -0.15) is 0 Å². The monoisotopic (exact) mass is 564 g/mol. The van der Waals surface area contributed by atoms with Crippen LogP contribution in [-0.2, 0) is 23.9 Å². The summed E-state index contributed by atoms with van der Waals surface area (Å²) in [5, 5.41) is -0.405. The van der Waals surface area contributed by atoms with Crippen LogP contribution in [0.4, 0.5) is 0 Å². The van der Waals surface area contributed by atoms with Crippen LogP contribution < -0.4 is 5.73 Å². The summed E-state index contributed by atoms with van der Waals surface area (Å²) in [6.07, 6.45) is -0.706. The first-order valence-electron chi connectivity index (χ1n) is 10.00. The summed E-state index contributed by atoms with van der Waals surface area (Å²) in [5.74, 6) is -1.57. The van der Waals surface area contributed by atoms with Gasteiger partial charge in [0.2, 0.25) is 5.91 Å². The summed E-state index contributed by atoms with van der Waals surface area (Å²) >= 11 is 3.43. The molecule has 2 N–H and O–H groups in total. The lowest BCUT2D eigenvalue weighted by Gasteiger charge is -2.48. The van der Waals surface area contributed by atoms with E-state index >= 15 is 0 Å². The summed E-state index contributed by atoms with van der Waals surface area (Å²) < 4.78 is 11.8. The van der Waals surface area contributed by atoms with Crippen LogP contribution in [0.2, 0.25) is 0 Å². The maximum absolute atomic E-state index is 13.5. The van der Waals surface area contributed by atoms with Gasteiger partial charge in [-0.3, -0.25) is 9.69 Å². The van der Waals surface area contributed by atoms with Crippen LogP contribution in [0.5, 0.6) is 0 Å². The van der Waals surface area contributed by atoms with E-state index in [2.05, 4.69) is 22.6 Å². The number of fused-ring (bicyclic) bond motifs is 1. The summed E-state index contributed by atoms with van der Waals surface area (Å²) in [4.78, 5) is 39.9. The van der Waals surface area contributed by atoms with Gasteiger partial charge in [-0.05, 0) is 11.1 Å². The van der Waals surface area contributed by atoms with Crippen molar-refractivity contribution in [3.8, 4) is 0 Å². The largest absolute Gasteiger partial charge is 0.461 e. The van der Waals surface area contributed by atoms with Gasteiger partial charge in [0.05, 0.1) is 5.57 Å². The zero-order valence-electron chi connectivity index (χ0n) is 17.0. The number of ether oxygens (including phenoxy) is 2. The lowest BCUT2D eigenvalue weighted by molar-refractivity contribution is -0.153. The second kappa shape index (κ2) is 10.1. The Hall–Kier alpha value is -2.37. The number of thioether (sulfide) groups is 1. The minimum absolute atomic E-state index is 0.0734. The Bertz CT molecular complexity index is 1010. The average molecular weight is 564 g/mol. The van der Waals surface area contributed by atoms with Crippen molar-refractivity contribution < 1.29 is 23.9 Å². The smallest absolute Gasteiger partial charge is 0.356 e. The molecule has 166 valence electrons. The molecule has 2 atom stereocenters. The number of nitrogens with zero attached hydrogens (tertiary/aromatic N) is 1. The van der Waals surface area contributed by atoms with Gasteiger partial charge in [0.15, 0.2) is 6.10 Å². The van der Waals surface area contributed by atoms with Crippen molar-refractivity contribution in [1.82, 2.24) is 4.90 Å². The van der Waals surface area contributed by atoms with Crippen molar-refractivity contribution in [2.75, 3.05) is 16.8 Å². The van der Waals surface area contributed by atoms with Crippen LogP contribution >= 0.6 is 34.4 Å². The number of alkyl halides is 1. The minimum Gasteiger partial charge on any atom is -0.461 e. The van der Waals surface area contributed by atoms with Gasteiger partial charge in [0, 0.05) is 10.2 Å². The van der Waals surface area contributed by atoms with Gasteiger partial charge in [0.25, 0.3) is 0 Å². The van der Waals surface area contributed by atoms with Gasteiger partial charge in [-0.25, -0.2) is 9.59 Å². The second-order valence-corrected chi connectivity index (χ2v) is 9.38. The Labute approximate surface area is 203 Å². The fourth-order valence-electron chi connectivity index (χ4n) is 3.63. The Balaban J connectivity index is 1.70. The molecule has 32 heavy (non-hydrogen) atoms. The predicted octanol–water partition coefficient (Wildman–Crippen LogP) is 2.79. The van der Waals surface area contributed by atoms with Crippen LogP contribution in [0.3, 0.4) is 0 Å². The van der Waals surface area contributed by atoms with Gasteiger partial charge in [-0.1, -0.05) is 83.3 Å². The fourth-order valence-corrected chi connectivity index (χ4v) is 5.12. The number of esters is 2. The standard InChI is InChI=1S/C23H21IN2O5S/c24-11-12-30-22(28)16-13-32-21-17(25)20(27)26(21)18(16)23(29)31-19(14-7-3-1-4-8-14)15-9-5-2-6-10-15/h1-10,17,19,21H,11-13,25H2/t17?,21-/m1/s1. The molecule has 1 fully saturated rings. The molecule has 0 aliphatic carbocycles. The highest BCUT2D eigenvalue weighted by atomic mass is 127. The molecular formula is C23H21IN2O5S. The molecule has 0 radical (unpaired) electrons. The molecule has 0 spiro atoms. The molecule has 0 saturated carbocycles. The maximum atomic E-state index is 13.5. The van der Waals surface area contributed by atoms with E-state index in [1.807, 2.05) is 60.7 Å². The molecule has 2 heterocycles. The predicted molar refractivity (Wildman–Crippen MR) is 129 cm³/mol. The number of carbonyl (C=O) groups excluding carboxylic acids is 3. The summed E-state index contributed by atoms with van der Waals surface area (Å²) in [7, 11) is 0. The first kappa shape index (κ1) is 22.8. The zero-order chi connectivity index (χ0) is 22.7. The number of hydrogen-bond acceptors (Lipinski definition) is 7. The molecule has 2 aliphatic heterocycles. The number of β-lactam (4-membered cyclic amide) rings is 1. The van der Waals surface area contributed by atoms with Crippen molar-refractivity contribution in [2.45, 2.75) is 17.5 Å². The maximum Gasteiger partial charge on any atom is 0.356 e. The van der Waals surface area contributed by atoms with Crippen molar-refractivity contribution in [3.63, 3.8) is 0 Å². The molecule has 0 bridgehead atoms. The van der Waals surface area contributed by atoms with Crippen molar-refractivity contribution in [3.05, 3.63) is 83.1 Å². The summed E-state index contributed by atoms with van der Waals surface area (Å²) in [5.41, 5.74) is 7.52. The summed E-state index contributed by atoms with van der Waals surface area (Å²) in [6.45, 7) is 0.212. The van der Waals surface area contributed by atoms with Gasteiger partial charge in [0.1, 0.15) is 23.7 Å². The van der Waals surface area contributed by atoms with Gasteiger partial charge < -0.3 is 15.2 Å². The molecule has 4 rings (SSSR count). The summed E-state index contributed by atoms with van der Waals surface area (Å²) in [6, 6.07) is 17.9. The van der Waals surface area contributed by atoms with Crippen LogP contribution in [0.1, 0.15) is 17.2 Å². The Kier molecular flexibility index (Phi) is 7.17. The highest BCUT2D eigenvalue weighted by Crippen LogP contribution is 2.41. The first-order chi connectivity index (χ1) is 15.5. The van der Waals surface area contributed by atoms with E-state index in [4.69, 9.17) is 15.2 Å². The Morgan fingerprint density at radius 2 is 1.66 bits per heavy atom. The number of carbonyl (C=O) groups is 3. The number of halogens is 1. The average Bonchev–Trinajstić information content (AvgIpc) is 2.85. The highest BCUT2D eigenvalue weighted by molar-refractivity contribution is 14.1. The number of rotatable bonds is 7. The number of nitrogens with two attached hydrogens (primary N) is 1. The number of benzene rings is 2. The molecule has 2 aromatic carbocycles. The molecule has 7 nitrogen and oxygen atoms in total. The molecular weight excluding hydrogens is 543 g/mol. The number of amides is 1. The van der Waals surface area contributed by atoms with Crippen LogP contribution in [0.25, 0.3) is 0 Å².